The fraction of sp³-hybridized carbons (Fsp3) is 0.143. The van der Waals surface area contributed by atoms with Gasteiger partial charge in [-0.15, -0.1) is 0 Å². The van der Waals surface area contributed by atoms with E-state index in [4.69, 9.17) is 11.6 Å². The highest BCUT2D eigenvalue weighted by Gasteiger charge is 2.35. The van der Waals surface area contributed by atoms with Gasteiger partial charge in [0.25, 0.3) is 5.69 Å². The van der Waals surface area contributed by atoms with E-state index >= 15 is 0 Å². The van der Waals surface area contributed by atoms with Gasteiger partial charge in [-0.05, 0) is 23.8 Å². The molecule has 1 heterocycles. The van der Waals surface area contributed by atoms with E-state index < -0.39 is 22.4 Å². The van der Waals surface area contributed by atoms with Crippen LogP contribution in [0.15, 0.2) is 40.1 Å². The lowest BCUT2D eigenvalue weighted by molar-refractivity contribution is -0.386. The quantitative estimate of drug-likeness (QED) is 0.442. The third kappa shape index (κ3) is 2.66. The van der Waals surface area contributed by atoms with Crippen LogP contribution in [0, 0.1) is 10.1 Å². The summed E-state index contributed by atoms with van der Waals surface area (Å²) in [7, 11) is 0. The first kappa shape index (κ1) is 15.2. The molecule has 3 nitrogen and oxygen atoms in total. The summed E-state index contributed by atoms with van der Waals surface area (Å²) in [4.78, 5) is 11.3. The van der Waals surface area contributed by atoms with Crippen molar-refractivity contribution in [1.82, 2.24) is 0 Å². The molecule has 0 spiro atoms. The maximum atomic E-state index is 12.9. The SMILES string of the molecule is O=[N+]([O-])c1cc(C(F)(F)F)cc2c1Cc1ccc(Cl)cc1S2. The Hall–Kier alpha value is -1.73. The van der Waals surface area contributed by atoms with Crippen molar-refractivity contribution >= 4 is 29.1 Å². The Morgan fingerprint density at radius 1 is 1.18 bits per heavy atom. The fourth-order valence-corrected chi connectivity index (χ4v) is 3.72. The average molecular weight is 346 g/mol. The zero-order chi connectivity index (χ0) is 16.1. The highest BCUT2D eigenvalue weighted by atomic mass is 35.5. The maximum absolute atomic E-state index is 12.9. The first-order valence-electron chi connectivity index (χ1n) is 6.10. The van der Waals surface area contributed by atoms with E-state index in [1.54, 1.807) is 18.2 Å². The lowest BCUT2D eigenvalue weighted by atomic mass is 10.0. The van der Waals surface area contributed by atoms with Crippen LogP contribution in [-0.4, -0.2) is 4.92 Å². The molecule has 0 amide bonds. The highest BCUT2D eigenvalue weighted by molar-refractivity contribution is 7.99. The maximum Gasteiger partial charge on any atom is 0.416 e. The third-order valence-electron chi connectivity index (χ3n) is 3.33. The van der Waals surface area contributed by atoms with Crippen molar-refractivity contribution in [2.45, 2.75) is 22.4 Å². The molecule has 0 bridgehead atoms. The minimum atomic E-state index is -4.63. The second kappa shape index (κ2) is 5.17. The number of halogens is 4. The van der Waals surface area contributed by atoms with Gasteiger partial charge in [-0.3, -0.25) is 10.1 Å². The largest absolute Gasteiger partial charge is 0.416 e. The molecule has 0 radical (unpaired) electrons. The monoisotopic (exact) mass is 345 g/mol. The van der Waals surface area contributed by atoms with Crippen LogP contribution in [0.1, 0.15) is 16.7 Å². The summed E-state index contributed by atoms with van der Waals surface area (Å²) in [5.41, 5.74) is -0.406. The van der Waals surface area contributed by atoms with Gasteiger partial charge >= 0.3 is 6.18 Å². The molecule has 3 rings (SSSR count). The van der Waals surface area contributed by atoms with Crippen molar-refractivity contribution in [3.05, 3.63) is 62.2 Å². The molecule has 22 heavy (non-hydrogen) atoms. The van der Waals surface area contributed by atoms with Crippen LogP contribution in [0.2, 0.25) is 5.02 Å². The fourth-order valence-electron chi connectivity index (χ4n) is 2.30. The summed E-state index contributed by atoms with van der Waals surface area (Å²) in [6, 6.07) is 6.59. The molecule has 1 aliphatic rings. The van der Waals surface area contributed by atoms with E-state index in [1.807, 2.05) is 0 Å². The number of benzene rings is 2. The third-order valence-corrected chi connectivity index (χ3v) is 4.75. The van der Waals surface area contributed by atoms with Crippen molar-refractivity contribution in [2.75, 3.05) is 0 Å². The smallest absolute Gasteiger partial charge is 0.258 e. The second-order valence-corrected chi connectivity index (χ2v) is 6.28. The number of nitro groups is 1. The van der Waals surface area contributed by atoms with Crippen LogP contribution in [-0.2, 0) is 12.6 Å². The van der Waals surface area contributed by atoms with Crippen molar-refractivity contribution in [3.8, 4) is 0 Å². The van der Waals surface area contributed by atoms with Crippen LogP contribution in [0.5, 0.6) is 0 Å². The highest BCUT2D eigenvalue weighted by Crippen LogP contribution is 2.46. The number of nitro benzene ring substituents is 1. The Morgan fingerprint density at radius 3 is 2.55 bits per heavy atom. The Balaban J connectivity index is 2.18. The number of nitrogens with zero attached hydrogens (tertiary/aromatic N) is 1. The summed E-state index contributed by atoms with van der Waals surface area (Å²) in [6.07, 6.45) is -4.42. The van der Waals surface area contributed by atoms with Crippen molar-refractivity contribution in [3.63, 3.8) is 0 Å². The molecular weight excluding hydrogens is 339 g/mol. The van der Waals surface area contributed by atoms with Crippen molar-refractivity contribution in [1.29, 1.82) is 0 Å². The molecule has 2 aromatic rings. The molecule has 0 aromatic heterocycles. The molecule has 0 atom stereocenters. The molecule has 0 fully saturated rings. The van der Waals surface area contributed by atoms with E-state index in [2.05, 4.69) is 0 Å². The molecular formula is C14H7ClF3NO2S. The van der Waals surface area contributed by atoms with Gasteiger partial charge in [-0.1, -0.05) is 29.4 Å². The van der Waals surface area contributed by atoms with Gasteiger partial charge in [0.1, 0.15) is 0 Å². The van der Waals surface area contributed by atoms with E-state index in [0.717, 1.165) is 23.4 Å². The van der Waals surface area contributed by atoms with Gasteiger partial charge in [0, 0.05) is 32.9 Å². The lowest BCUT2D eigenvalue weighted by Gasteiger charge is -2.20. The lowest BCUT2D eigenvalue weighted by Crippen LogP contribution is -2.10. The summed E-state index contributed by atoms with van der Waals surface area (Å²) >= 11 is 6.96. The van der Waals surface area contributed by atoms with Crippen molar-refractivity contribution in [2.24, 2.45) is 0 Å². The van der Waals surface area contributed by atoms with E-state index in [0.29, 0.717) is 21.5 Å². The minimum Gasteiger partial charge on any atom is -0.258 e. The number of hydrogen-bond donors (Lipinski definition) is 0. The molecule has 0 unspecified atom stereocenters. The normalized spacial score (nSPS) is 13.5. The molecule has 0 aliphatic carbocycles. The zero-order valence-electron chi connectivity index (χ0n) is 10.8. The first-order valence-corrected chi connectivity index (χ1v) is 7.30. The second-order valence-electron chi connectivity index (χ2n) is 4.76. The number of fused-ring (bicyclic) bond motifs is 2. The van der Waals surface area contributed by atoms with E-state index in [1.165, 1.54) is 0 Å². The van der Waals surface area contributed by atoms with E-state index in [-0.39, 0.29) is 11.3 Å². The van der Waals surface area contributed by atoms with Gasteiger partial charge in [0.05, 0.1) is 10.5 Å². The number of hydrogen-bond acceptors (Lipinski definition) is 3. The van der Waals surface area contributed by atoms with Gasteiger partial charge in [0.2, 0.25) is 0 Å². The first-order chi connectivity index (χ1) is 10.3. The van der Waals surface area contributed by atoms with E-state index in [9.17, 15) is 23.3 Å². The Kier molecular flexibility index (Phi) is 3.57. The molecule has 0 saturated carbocycles. The standard InChI is InChI=1S/C14H7ClF3NO2S/c15-9-2-1-7-3-10-11(19(20)21)4-8(14(16,17)18)5-13(10)22-12(7)6-9/h1-2,4-6H,3H2. The molecule has 0 N–H and O–H groups in total. The topological polar surface area (TPSA) is 43.1 Å². The Morgan fingerprint density at radius 2 is 1.91 bits per heavy atom. The van der Waals surface area contributed by atoms with Gasteiger partial charge in [-0.2, -0.15) is 13.2 Å². The summed E-state index contributed by atoms with van der Waals surface area (Å²) in [6.45, 7) is 0. The number of rotatable bonds is 1. The number of alkyl halides is 3. The van der Waals surface area contributed by atoms with Crippen LogP contribution < -0.4 is 0 Å². The average Bonchev–Trinajstić information content (AvgIpc) is 2.42. The van der Waals surface area contributed by atoms with Crippen LogP contribution in [0.25, 0.3) is 0 Å². The van der Waals surface area contributed by atoms with Crippen LogP contribution in [0.3, 0.4) is 0 Å². The summed E-state index contributed by atoms with van der Waals surface area (Å²) < 4.78 is 38.7. The van der Waals surface area contributed by atoms with Crippen LogP contribution >= 0.6 is 23.4 Å². The minimum absolute atomic E-state index is 0.212. The predicted octanol–water partition coefficient (Wildman–Crippen LogP) is 5.32. The molecule has 114 valence electrons. The summed E-state index contributed by atoms with van der Waals surface area (Å²) in [5, 5.41) is 11.6. The van der Waals surface area contributed by atoms with Crippen LogP contribution in [0.4, 0.5) is 18.9 Å². The molecule has 2 aromatic carbocycles. The van der Waals surface area contributed by atoms with Crippen molar-refractivity contribution < 1.29 is 18.1 Å². The molecule has 8 heteroatoms. The predicted molar refractivity (Wildman–Crippen MR) is 76.5 cm³/mol. The van der Waals surface area contributed by atoms with Gasteiger partial charge < -0.3 is 0 Å². The zero-order valence-corrected chi connectivity index (χ0v) is 12.4. The van der Waals surface area contributed by atoms with Gasteiger partial charge in [-0.25, -0.2) is 0 Å². The Bertz CT molecular complexity index is 792. The van der Waals surface area contributed by atoms with Gasteiger partial charge in [0.15, 0.2) is 0 Å². The Labute approximate surface area is 132 Å². The summed E-state index contributed by atoms with van der Waals surface area (Å²) in [5.74, 6) is 0. The molecule has 0 saturated heterocycles. The molecule has 1 aliphatic heterocycles.